The topological polar surface area (TPSA) is 73.7 Å². The van der Waals surface area contributed by atoms with Gasteiger partial charge in [0.2, 0.25) is 0 Å². The second-order valence-corrected chi connectivity index (χ2v) is 4.06. The van der Waals surface area contributed by atoms with E-state index in [-0.39, 0.29) is 12.6 Å². The third-order valence-electron chi connectivity index (χ3n) is 2.75. The maximum atomic E-state index is 12.2. The molecule has 1 aromatic heterocycles. The van der Waals surface area contributed by atoms with Crippen molar-refractivity contribution in [2.45, 2.75) is 20.4 Å². The summed E-state index contributed by atoms with van der Waals surface area (Å²) in [4.78, 5) is 29.8. The quantitative estimate of drug-likeness (QED) is 0.844. The largest absolute Gasteiger partial charge is 0.480 e. The number of pyridine rings is 1. The molecule has 0 radical (unpaired) electrons. The molecule has 0 atom stereocenters. The van der Waals surface area contributed by atoms with Gasteiger partial charge in [0.25, 0.3) is 0 Å². The zero-order valence-electron chi connectivity index (χ0n) is 11.2. The van der Waals surface area contributed by atoms with Crippen molar-refractivity contribution in [2.75, 3.05) is 19.6 Å². The van der Waals surface area contributed by atoms with E-state index in [1.807, 2.05) is 19.1 Å². The van der Waals surface area contributed by atoms with Crippen molar-refractivity contribution >= 4 is 12.0 Å². The zero-order valence-corrected chi connectivity index (χ0v) is 11.2. The summed E-state index contributed by atoms with van der Waals surface area (Å²) >= 11 is 0. The molecule has 0 fully saturated rings. The summed E-state index contributed by atoms with van der Waals surface area (Å²) in [5.41, 5.74) is 0.969. The summed E-state index contributed by atoms with van der Waals surface area (Å²) in [6.45, 7) is 4.71. The van der Waals surface area contributed by atoms with Crippen molar-refractivity contribution in [1.82, 2.24) is 14.8 Å². The van der Waals surface area contributed by atoms with Gasteiger partial charge in [-0.05, 0) is 31.5 Å². The van der Waals surface area contributed by atoms with Crippen LogP contribution in [0.1, 0.15) is 19.4 Å². The molecule has 104 valence electrons. The van der Waals surface area contributed by atoms with Gasteiger partial charge in [0.1, 0.15) is 6.54 Å². The highest BCUT2D eigenvalue weighted by atomic mass is 16.4. The summed E-state index contributed by atoms with van der Waals surface area (Å²) in [6, 6.07) is 3.41. The lowest BCUT2D eigenvalue weighted by molar-refractivity contribution is -0.137. The number of carbonyl (C=O) groups excluding carboxylic acids is 1. The Morgan fingerprint density at radius 3 is 2.21 bits per heavy atom. The summed E-state index contributed by atoms with van der Waals surface area (Å²) < 4.78 is 0. The van der Waals surface area contributed by atoms with Crippen LogP contribution in [0, 0.1) is 0 Å². The first-order valence-corrected chi connectivity index (χ1v) is 6.23. The smallest absolute Gasteiger partial charge is 0.323 e. The van der Waals surface area contributed by atoms with Crippen LogP contribution in [0.25, 0.3) is 0 Å². The molecular weight excluding hydrogens is 246 g/mol. The lowest BCUT2D eigenvalue weighted by Crippen LogP contribution is -2.44. The minimum absolute atomic E-state index is 0.260. The minimum Gasteiger partial charge on any atom is -0.480 e. The molecule has 0 aliphatic carbocycles. The Morgan fingerprint density at radius 1 is 1.16 bits per heavy atom. The number of urea groups is 1. The Hall–Kier alpha value is -2.11. The van der Waals surface area contributed by atoms with Crippen LogP contribution in [0.15, 0.2) is 24.5 Å². The second-order valence-electron chi connectivity index (χ2n) is 4.06. The van der Waals surface area contributed by atoms with Gasteiger partial charge in [0, 0.05) is 32.0 Å². The van der Waals surface area contributed by atoms with E-state index in [9.17, 15) is 9.59 Å². The molecule has 0 aliphatic heterocycles. The van der Waals surface area contributed by atoms with Crippen LogP contribution >= 0.6 is 0 Å². The van der Waals surface area contributed by atoms with E-state index >= 15 is 0 Å². The minimum atomic E-state index is -1.00. The van der Waals surface area contributed by atoms with E-state index in [4.69, 9.17) is 5.11 Å². The van der Waals surface area contributed by atoms with Crippen LogP contribution in [0.2, 0.25) is 0 Å². The summed E-state index contributed by atoms with van der Waals surface area (Å²) in [5.74, 6) is -1.00. The van der Waals surface area contributed by atoms with Gasteiger partial charge >= 0.3 is 12.0 Å². The SMILES string of the molecule is CCN(CC(=O)O)C(=O)N(CC)Cc1ccncc1. The first-order chi connectivity index (χ1) is 9.08. The first-order valence-electron chi connectivity index (χ1n) is 6.23. The lowest BCUT2D eigenvalue weighted by Gasteiger charge is -2.28. The summed E-state index contributed by atoms with van der Waals surface area (Å²) in [5, 5.41) is 8.79. The van der Waals surface area contributed by atoms with Crippen LogP contribution in [-0.4, -0.2) is 51.5 Å². The standard InChI is InChI=1S/C13H19N3O3/c1-3-15(9-11-5-7-14-8-6-11)13(19)16(4-2)10-12(17)18/h5-8H,3-4,9-10H2,1-2H3,(H,17,18). The molecule has 0 spiro atoms. The van der Waals surface area contributed by atoms with Gasteiger partial charge in [0.15, 0.2) is 0 Å². The molecule has 1 rings (SSSR count). The van der Waals surface area contributed by atoms with E-state index in [0.717, 1.165) is 5.56 Å². The number of carbonyl (C=O) groups is 2. The molecule has 1 N–H and O–H groups in total. The van der Waals surface area contributed by atoms with E-state index in [0.29, 0.717) is 19.6 Å². The monoisotopic (exact) mass is 265 g/mol. The molecule has 1 aromatic rings. The van der Waals surface area contributed by atoms with Crippen LogP contribution < -0.4 is 0 Å². The molecule has 6 nitrogen and oxygen atoms in total. The number of nitrogens with zero attached hydrogens (tertiary/aromatic N) is 3. The Labute approximate surface area is 112 Å². The van der Waals surface area contributed by atoms with Gasteiger partial charge in [-0.3, -0.25) is 9.78 Å². The van der Waals surface area contributed by atoms with E-state index in [1.54, 1.807) is 24.2 Å². The summed E-state index contributed by atoms with van der Waals surface area (Å²) in [6.07, 6.45) is 3.34. The number of hydrogen-bond acceptors (Lipinski definition) is 3. The molecule has 0 saturated heterocycles. The molecule has 2 amide bonds. The Balaban J connectivity index is 2.72. The van der Waals surface area contributed by atoms with Gasteiger partial charge < -0.3 is 14.9 Å². The lowest BCUT2D eigenvalue weighted by atomic mass is 10.2. The van der Waals surface area contributed by atoms with Crippen molar-refractivity contribution in [2.24, 2.45) is 0 Å². The molecule has 6 heteroatoms. The number of amides is 2. The molecule has 0 unspecified atom stereocenters. The number of carboxylic acids is 1. The van der Waals surface area contributed by atoms with Crippen LogP contribution in [0.4, 0.5) is 4.79 Å². The van der Waals surface area contributed by atoms with Gasteiger partial charge in [-0.15, -0.1) is 0 Å². The van der Waals surface area contributed by atoms with E-state index in [1.165, 1.54) is 4.90 Å². The van der Waals surface area contributed by atoms with Crippen LogP contribution in [-0.2, 0) is 11.3 Å². The van der Waals surface area contributed by atoms with E-state index in [2.05, 4.69) is 4.98 Å². The maximum absolute atomic E-state index is 12.2. The molecule has 0 saturated carbocycles. The fourth-order valence-corrected chi connectivity index (χ4v) is 1.70. The van der Waals surface area contributed by atoms with Crippen molar-refractivity contribution in [3.05, 3.63) is 30.1 Å². The molecule has 1 heterocycles. The highest BCUT2D eigenvalue weighted by Gasteiger charge is 2.20. The fraction of sp³-hybridized carbons (Fsp3) is 0.462. The first kappa shape index (κ1) is 14.9. The predicted molar refractivity (Wildman–Crippen MR) is 70.6 cm³/mol. The third kappa shape index (κ3) is 4.57. The average molecular weight is 265 g/mol. The number of aliphatic carboxylic acids is 1. The van der Waals surface area contributed by atoms with Gasteiger partial charge in [-0.1, -0.05) is 0 Å². The molecular formula is C13H19N3O3. The third-order valence-corrected chi connectivity index (χ3v) is 2.75. The number of aromatic nitrogens is 1. The Kier molecular flexibility index (Phi) is 5.78. The second kappa shape index (κ2) is 7.35. The van der Waals surface area contributed by atoms with Gasteiger partial charge in [-0.2, -0.15) is 0 Å². The fourth-order valence-electron chi connectivity index (χ4n) is 1.70. The van der Waals surface area contributed by atoms with Crippen LogP contribution in [0.3, 0.4) is 0 Å². The average Bonchev–Trinajstić information content (AvgIpc) is 2.42. The molecule has 0 aliphatic rings. The summed E-state index contributed by atoms with van der Waals surface area (Å²) in [7, 11) is 0. The number of carboxylic acid groups (broad SMARTS) is 1. The maximum Gasteiger partial charge on any atom is 0.323 e. The Bertz CT molecular complexity index is 422. The van der Waals surface area contributed by atoms with E-state index < -0.39 is 5.97 Å². The van der Waals surface area contributed by atoms with Crippen molar-refractivity contribution < 1.29 is 14.7 Å². The predicted octanol–water partition coefficient (Wildman–Crippen LogP) is 1.43. The number of likely N-dealkylation sites (N-methyl/N-ethyl adjacent to an activating group) is 1. The molecule has 19 heavy (non-hydrogen) atoms. The number of hydrogen-bond donors (Lipinski definition) is 1. The van der Waals surface area contributed by atoms with Gasteiger partial charge in [0.05, 0.1) is 0 Å². The highest BCUT2D eigenvalue weighted by Crippen LogP contribution is 2.06. The number of rotatable bonds is 6. The van der Waals surface area contributed by atoms with Gasteiger partial charge in [-0.25, -0.2) is 4.79 Å². The van der Waals surface area contributed by atoms with Crippen LogP contribution in [0.5, 0.6) is 0 Å². The normalized spacial score (nSPS) is 10.0. The van der Waals surface area contributed by atoms with Crippen molar-refractivity contribution in [1.29, 1.82) is 0 Å². The Morgan fingerprint density at radius 2 is 1.74 bits per heavy atom. The zero-order chi connectivity index (χ0) is 14.3. The highest BCUT2D eigenvalue weighted by molar-refractivity contribution is 5.80. The van der Waals surface area contributed by atoms with Crippen molar-refractivity contribution in [3.63, 3.8) is 0 Å². The van der Waals surface area contributed by atoms with Crippen molar-refractivity contribution in [3.8, 4) is 0 Å². The molecule has 0 aromatic carbocycles. The molecule has 0 bridgehead atoms.